The minimum absolute atomic E-state index is 0.0688. The molecule has 0 spiro atoms. The third kappa shape index (κ3) is 3.03. The van der Waals surface area contributed by atoms with E-state index < -0.39 is 0 Å². The summed E-state index contributed by atoms with van der Waals surface area (Å²) in [6, 6.07) is 1.66. The first kappa shape index (κ1) is 15.5. The van der Waals surface area contributed by atoms with Crippen LogP contribution in [-0.2, 0) is 4.79 Å². The topological polar surface area (TPSA) is 70.6 Å². The Labute approximate surface area is 140 Å². The van der Waals surface area contributed by atoms with E-state index in [4.69, 9.17) is 0 Å². The number of likely N-dealkylation sites (tertiary alicyclic amines) is 1. The smallest absolute Gasteiger partial charge is 0.289 e. The summed E-state index contributed by atoms with van der Waals surface area (Å²) in [6.07, 6.45) is 4.44. The standard InChI is InChI=1S/C14H14BrN3O3S/c15-10-5-9(6-16-7-10)13(20)17-3-1-11(2-4-17)18-12(19)8-22-14(18)21/h5-7,11H,1-4,8H2. The minimum atomic E-state index is -0.161. The van der Waals surface area contributed by atoms with E-state index in [1.807, 2.05) is 0 Å². The lowest BCUT2D eigenvalue weighted by molar-refractivity contribution is -0.126. The van der Waals surface area contributed by atoms with Crippen molar-refractivity contribution in [2.45, 2.75) is 18.9 Å². The largest absolute Gasteiger partial charge is 0.338 e. The number of thioether (sulfide) groups is 1. The molecule has 2 saturated heterocycles. The zero-order valence-electron chi connectivity index (χ0n) is 11.7. The van der Waals surface area contributed by atoms with Crippen molar-refractivity contribution in [3.63, 3.8) is 0 Å². The van der Waals surface area contributed by atoms with Crippen LogP contribution in [0.3, 0.4) is 0 Å². The number of halogens is 1. The molecule has 0 radical (unpaired) electrons. The molecule has 0 atom stereocenters. The zero-order valence-corrected chi connectivity index (χ0v) is 14.1. The highest BCUT2D eigenvalue weighted by Crippen LogP contribution is 2.27. The Morgan fingerprint density at radius 3 is 2.59 bits per heavy atom. The number of rotatable bonds is 2. The molecule has 3 amide bonds. The predicted octanol–water partition coefficient (Wildman–Crippen LogP) is 2.14. The van der Waals surface area contributed by atoms with Gasteiger partial charge in [0.05, 0.1) is 11.3 Å². The van der Waals surface area contributed by atoms with Crippen molar-refractivity contribution in [3.8, 4) is 0 Å². The number of amides is 3. The van der Waals surface area contributed by atoms with E-state index >= 15 is 0 Å². The van der Waals surface area contributed by atoms with Gasteiger partial charge in [0.15, 0.2) is 0 Å². The lowest BCUT2D eigenvalue weighted by atomic mass is 10.0. The van der Waals surface area contributed by atoms with Crippen molar-refractivity contribution in [3.05, 3.63) is 28.5 Å². The van der Waals surface area contributed by atoms with Crippen molar-refractivity contribution >= 4 is 44.7 Å². The summed E-state index contributed by atoms with van der Waals surface area (Å²) in [7, 11) is 0. The number of aromatic nitrogens is 1. The Balaban J connectivity index is 1.63. The lowest BCUT2D eigenvalue weighted by Gasteiger charge is -2.35. The van der Waals surface area contributed by atoms with Gasteiger partial charge in [-0.1, -0.05) is 11.8 Å². The Bertz CT molecular complexity index is 616. The van der Waals surface area contributed by atoms with Crippen LogP contribution in [0.25, 0.3) is 0 Å². The molecule has 0 saturated carbocycles. The van der Waals surface area contributed by atoms with E-state index in [2.05, 4.69) is 20.9 Å². The number of hydrogen-bond acceptors (Lipinski definition) is 5. The molecule has 1 aromatic heterocycles. The van der Waals surface area contributed by atoms with Gasteiger partial charge >= 0.3 is 0 Å². The SMILES string of the molecule is O=C(c1cncc(Br)c1)N1CCC(N2C(=O)CSC2=O)CC1. The average molecular weight is 384 g/mol. The monoisotopic (exact) mass is 383 g/mol. The van der Waals surface area contributed by atoms with Gasteiger partial charge in [0.2, 0.25) is 5.91 Å². The first-order valence-electron chi connectivity index (χ1n) is 6.95. The minimum Gasteiger partial charge on any atom is -0.338 e. The number of piperidine rings is 1. The molecule has 116 valence electrons. The van der Waals surface area contributed by atoms with Gasteiger partial charge in [-0.15, -0.1) is 0 Å². The Morgan fingerprint density at radius 2 is 2.00 bits per heavy atom. The van der Waals surface area contributed by atoms with Gasteiger partial charge in [-0.3, -0.25) is 24.3 Å². The quantitative estimate of drug-likeness (QED) is 0.782. The molecule has 0 aromatic carbocycles. The third-order valence-electron chi connectivity index (χ3n) is 3.85. The molecule has 6 nitrogen and oxygen atoms in total. The van der Waals surface area contributed by atoms with Crippen LogP contribution in [0.5, 0.6) is 0 Å². The number of carbonyl (C=O) groups is 3. The fourth-order valence-electron chi connectivity index (χ4n) is 2.76. The van der Waals surface area contributed by atoms with E-state index in [-0.39, 0.29) is 28.8 Å². The number of nitrogens with zero attached hydrogens (tertiary/aromatic N) is 3. The highest BCUT2D eigenvalue weighted by molar-refractivity contribution is 9.10. The Kier molecular flexibility index (Phi) is 4.49. The first-order chi connectivity index (χ1) is 10.6. The van der Waals surface area contributed by atoms with Crippen LogP contribution >= 0.6 is 27.7 Å². The van der Waals surface area contributed by atoms with Crippen LogP contribution in [0.1, 0.15) is 23.2 Å². The predicted molar refractivity (Wildman–Crippen MR) is 85.6 cm³/mol. The normalized spacial score (nSPS) is 19.9. The van der Waals surface area contributed by atoms with Gasteiger partial charge in [-0.2, -0.15) is 0 Å². The second-order valence-electron chi connectivity index (χ2n) is 5.23. The molecule has 3 heterocycles. The Morgan fingerprint density at radius 1 is 1.27 bits per heavy atom. The van der Waals surface area contributed by atoms with E-state index in [0.717, 1.165) is 16.2 Å². The average Bonchev–Trinajstić information content (AvgIpc) is 2.86. The summed E-state index contributed by atoms with van der Waals surface area (Å²) >= 11 is 4.36. The van der Waals surface area contributed by atoms with Gasteiger partial charge in [0.1, 0.15) is 0 Å². The molecule has 0 unspecified atom stereocenters. The molecule has 0 N–H and O–H groups in total. The van der Waals surface area contributed by atoms with Crippen molar-refractivity contribution in [2.24, 2.45) is 0 Å². The summed E-state index contributed by atoms with van der Waals surface area (Å²) in [5.74, 6) is 0.0541. The first-order valence-corrected chi connectivity index (χ1v) is 8.73. The summed E-state index contributed by atoms with van der Waals surface area (Å²) in [4.78, 5) is 43.0. The van der Waals surface area contributed by atoms with Gasteiger partial charge in [-0.05, 0) is 34.8 Å². The molecule has 0 aliphatic carbocycles. The Hall–Kier alpha value is -1.41. The highest BCUT2D eigenvalue weighted by atomic mass is 79.9. The van der Waals surface area contributed by atoms with Gasteiger partial charge in [0.25, 0.3) is 11.1 Å². The molecule has 8 heteroatoms. The number of pyridine rings is 1. The molecule has 3 rings (SSSR count). The van der Waals surface area contributed by atoms with E-state index in [0.29, 0.717) is 31.5 Å². The van der Waals surface area contributed by atoms with Crippen molar-refractivity contribution in [1.29, 1.82) is 0 Å². The maximum absolute atomic E-state index is 12.4. The summed E-state index contributed by atoms with van der Waals surface area (Å²) < 4.78 is 0.763. The fraction of sp³-hybridized carbons (Fsp3) is 0.429. The van der Waals surface area contributed by atoms with Crippen LogP contribution in [0.2, 0.25) is 0 Å². The molecule has 1 aromatic rings. The van der Waals surface area contributed by atoms with Crippen LogP contribution < -0.4 is 0 Å². The maximum atomic E-state index is 12.4. The second-order valence-corrected chi connectivity index (χ2v) is 7.08. The molecule has 2 fully saturated rings. The van der Waals surface area contributed by atoms with Crippen LogP contribution in [0, 0.1) is 0 Å². The van der Waals surface area contributed by atoms with Gasteiger partial charge < -0.3 is 4.90 Å². The van der Waals surface area contributed by atoms with Crippen molar-refractivity contribution in [1.82, 2.24) is 14.8 Å². The summed E-state index contributed by atoms with van der Waals surface area (Å²) in [5.41, 5.74) is 0.539. The molecular weight excluding hydrogens is 370 g/mol. The third-order valence-corrected chi connectivity index (χ3v) is 5.12. The lowest BCUT2D eigenvalue weighted by Crippen LogP contribution is -2.48. The summed E-state index contributed by atoms with van der Waals surface area (Å²) in [5, 5.41) is -0.161. The van der Waals surface area contributed by atoms with E-state index in [1.54, 1.807) is 23.4 Å². The molecular formula is C14H14BrN3O3S. The van der Waals surface area contributed by atoms with Gasteiger partial charge in [0, 0.05) is 36.0 Å². The molecule has 2 aliphatic heterocycles. The second kappa shape index (κ2) is 6.37. The van der Waals surface area contributed by atoms with Crippen LogP contribution in [0.4, 0.5) is 4.79 Å². The summed E-state index contributed by atoms with van der Waals surface area (Å²) in [6.45, 7) is 1.08. The van der Waals surface area contributed by atoms with Crippen molar-refractivity contribution in [2.75, 3.05) is 18.8 Å². The highest BCUT2D eigenvalue weighted by Gasteiger charge is 2.38. The van der Waals surface area contributed by atoms with Crippen molar-refractivity contribution < 1.29 is 14.4 Å². The van der Waals surface area contributed by atoms with E-state index in [9.17, 15) is 14.4 Å². The number of carbonyl (C=O) groups excluding carboxylic acids is 3. The maximum Gasteiger partial charge on any atom is 0.289 e. The molecule has 0 bridgehead atoms. The molecule has 2 aliphatic rings. The fourth-order valence-corrected chi connectivity index (χ4v) is 3.90. The van der Waals surface area contributed by atoms with Crippen LogP contribution in [0.15, 0.2) is 22.9 Å². The number of hydrogen-bond donors (Lipinski definition) is 0. The molecule has 22 heavy (non-hydrogen) atoms. The van der Waals surface area contributed by atoms with Gasteiger partial charge in [-0.25, -0.2) is 0 Å². The zero-order chi connectivity index (χ0) is 15.7. The van der Waals surface area contributed by atoms with E-state index in [1.165, 1.54) is 4.90 Å². The van der Waals surface area contributed by atoms with Crippen LogP contribution in [-0.4, -0.2) is 56.7 Å². The number of imide groups is 1.